The lowest BCUT2D eigenvalue weighted by atomic mass is 10.1. The average Bonchev–Trinajstić information content (AvgIpc) is 2.48. The highest BCUT2D eigenvalue weighted by molar-refractivity contribution is 6.31. The van der Waals surface area contributed by atoms with E-state index in [0.717, 1.165) is 12.1 Å². The van der Waals surface area contributed by atoms with Crippen molar-refractivity contribution in [3.8, 4) is 0 Å². The number of hydrogen-bond donors (Lipinski definition) is 1. The Morgan fingerprint density at radius 2 is 1.95 bits per heavy atom. The third-order valence-electron chi connectivity index (χ3n) is 3.10. The molecule has 1 amide bonds. The number of rotatable bonds is 2. The van der Waals surface area contributed by atoms with Gasteiger partial charge >= 0.3 is 0 Å². The Labute approximate surface area is 129 Å². The normalized spacial score (nSPS) is 10.7. The minimum atomic E-state index is -0.783. The van der Waals surface area contributed by atoms with Crippen LogP contribution in [-0.4, -0.2) is 10.9 Å². The van der Waals surface area contributed by atoms with E-state index in [-0.39, 0.29) is 16.6 Å². The molecular weight excluding hydrogens is 310 g/mol. The summed E-state index contributed by atoms with van der Waals surface area (Å²) in [5.74, 6) is -1.95. The number of fused-ring (bicyclic) bond motifs is 1. The summed E-state index contributed by atoms with van der Waals surface area (Å²) in [5.41, 5.74) is 0.605. The molecule has 0 aliphatic rings. The smallest absolute Gasteiger partial charge is 0.255 e. The quantitative estimate of drug-likeness (QED) is 0.760. The summed E-state index contributed by atoms with van der Waals surface area (Å²) < 4.78 is 27.1. The fraction of sp³-hybridized carbons (Fsp3) is 0. The fourth-order valence-corrected chi connectivity index (χ4v) is 2.30. The van der Waals surface area contributed by atoms with Crippen molar-refractivity contribution in [3.63, 3.8) is 0 Å². The summed E-state index contributed by atoms with van der Waals surface area (Å²) in [7, 11) is 0. The molecule has 1 heterocycles. The molecule has 6 heteroatoms. The van der Waals surface area contributed by atoms with Crippen molar-refractivity contribution in [2.75, 3.05) is 5.32 Å². The Balaban J connectivity index is 2.02. The summed E-state index contributed by atoms with van der Waals surface area (Å²) in [5, 5.41) is 3.22. The van der Waals surface area contributed by atoms with Crippen LogP contribution in [0.3, 0.4) is 0 Å². The van der Waals surface area contributed by atoms with Crippen LogP contribution < -0.4 is 5.32 Å². The molecule has 0 saturated heterocycles. The maximum atomic E-state index is 13.7. The van der Waals surface area contributed by atoms with E-state index in [0.29, 0.717) is 10.6 Å². The number of pyridine rings is 1. The number of aromatic nitrogens is 1. The highest BCUT2D eigenvalue weighted by atomic mass is 35.5. The van der Waals surface area contributed by atoms with Crippen molar-refractivity contribution >= 4 is 34.1 Å². The predicted molar refractivity (Wildman–Crippen MR) is 81.1 cm³/mol. The Morgan fingerprint density at radius 3 is 2.73 bits per heavy atom. The van der Waals surface area contributed by atoms with Crippen molar-refractivity contribution in [1.82, 2.24) is 4.98 Å². The summed E-state index contributed by atoms with van der Waals surface area (Å²) in [6.45, 7) is 0. The molecule has 110 valence electrons. The molecule has 0 aliphatic heterocycles. The summed E-state index contributed by atoms with van der Waals surface area (Å²) in [6, 6.07) is 9.72. The van der Waals surface area contributed by atoms with Crippen LogP contribution in [-0.2, 0) is 0 Å². The Kier molecular flexibility index (Phi) is 3.73. The second-order valence-corrected chi connectivity index (χ2v) is 5.04. The van der Waals surface area contributed by atoms with E-state index in [1.54, 1.807) is 18.2 Å². The van der Waals surface area contributed by atoms with Gasteiger partial charge in [-0.2, -0.15) is 0 Å². The Morgan fingerprint density at radius 1 is 1.14 bits per heavy atom. The lowest BCUT2D eigenvalue weighted by Gasteiger charge is -2.09. The molecule has 3 aromatic rings. The van der Waals surface area contributed by atoms with E-state index in [9.17, 15) is 13.6 Å². The molecule has 1 aromatic heterocycles. The lowest BCUT2D eigenvalue weighted by molar-refractivity contribution is 0.102. The van der Waals surface area contributed by atoms with Crippen LogP contribution in [0, 0.1) is 11.6 Å². The van der Waals surface area contributed by atoms with Crippen LogP contribution in [0.15, 0.2) is 48.7 Å². The van der Waals surface area contributed by atoms with E-state index in [1.165, 1.54) is 18.3 Å². The molecule has 22 heavy (non-hydrogen) atoms. The van der Waals surface area contributed by atoms with Crippen molar-refractivity contribution in [3.05, 3.63) is 70.9 Å². The van der Waals surface area contributed by atoms with E-state index in [4.69, 9.17) is 11.6 Å². The van der Waals surface area contributed by atoms with Gasteiger partial charge in [0.2, 0.25) is 0 Å². The predicted octanol–water partition coefficient (Wildman–Crippen LogP) is 4.42. The largest absolute Gasteiger partial charge is 0.321 e. The molecule has 0 unspecified atom stereocenters. The zero-order valence-corrected chi connectivity index (χ0v) is 11.9. The third-order valence-corrected chi connectivity index (χ3v) is 3.33. The van der Waals surface area contributed by atoms with Gasteiger partial charge in [0, 0.05) is 28.2 Å². The number of nitrogens with one attached hydrogen (secondary N) is 1. The van der Waals surface area contributed by atoms with Crippen LogP contribution in [0.4, 0.5) is 14.5 Å². The lowest BCUT2D eigenvalue weighted by Crippen LogP contribution is -2.12. The first kappa shape index (κ1) is 14.4. The third kappa shape index (κ3) is 2.76. The minimum absolute atomic E-state index is 0.00899. The Hall–Kier alpha value is -2.53. The number of carbonyl (C=O) groups excluding carboxylic acids is 1. The number of nitrogens with zero attached hydrogens (tertiary/aromatic N) is 1. The summed E-state index contributed by atoms with van der Waals surface area (Å²) in [4.78, 5) is 16.1. The van der Waals surface area contributed by atoms with Crippen molar-refractivity contribution in [1.29, 1.82) is 0 Å². The second kappa shape index (κ2) is 5.69. The fourth-order valence-electron chi connectivity index (χ4n) is 2.11. The molecule has 3 rings (SSSR count). The van der Waals surface area contributed by atoms with E-state index >= 15 is 0 Å². The standard InChI is InChI=1S/C16H9ClF2N2O/c17-10-3-1-2-9(6-10)16(22)21-14-4-5-20-15-12(14)7-11(18)8-13(15)19/h1-8H,(H,20,21,22). The van der Waals surface area contributed by atoms with Crippen molar-refractivity contribution in [2.24, 2.45) is 0 Å². The van der Waals surface area contributed by atoms with Crippen LogP contribution in [0.1, 0.15) is 10.4 Å². The van der Waals surface area contributed by atoms with Gasteiger partial charge in [-0.25, -0.2) is 8.78 Å². The topological polar surface area (TPSA) is 42.0 Å². The van der Waals surface area contributed by atoms with Gasteiger partial charge in [0.1, 0.15) is 11.3 Å². The van der Waals surface area contributed by atoms with E-state index in [2.05, 4.69) is 10.3 Å². The van der Waals surface area contributed by atoms with Gasteiger partial charge in [0.05, 0.1) is 5.69 Å². The monoisotopic (exact) mass is 318 g/mol. The first-order chi connectivity index (χ1) is 10.5. The minimum Gasteiger partial charge on any atom is -0.321 e. The van der Waals surface area contributed by atoms with Gasteiger partial charge < -0.3 is 5.32 Å². The van der Waals surface area contributed by atoms with Gasteiger partial charge in [-0.1, -0.05) is 17.7 Å². The number of hydrogen-bond acceptors (Lipinski definition) is 2. The van der Waals surface area contributed by atoms with Gasteiger partial charge in [0.15, 0.2) is 5.82 Å². The highest BCUT2D eigenvalue weighted by Crippen LogP contribution is 2.25. The van der Waals surface area contributed by atoms with Crippen LogP contribution in [0.5, 0.6) is 0 Å². The highest BCUT2D eigenvalue weighted by Gasteiger charge is 2.12. The first-order valence-corrected chi connectivity index (χ1v) is 6.73. The molecule has 0 saturated carbocycles. The number of amides is 1. The molecule has 0 atom stereocenters. The van der Waals surface area contributed by atoms with Crippen molar-refractivity contribution in [2.45, 2.75) is 0 Å². The van der Waals surface area contributed by atoms with Crippen molar-refractivity contribution < 1.29 is 13.6 Å². The van der Waals surface area contributed by atoms with Gasteiger partial charge in [-0.3, -0.25) is 9.78 Å². The zero-order valence-electron chi connectivity index (χ0n) is 11.1. The molecule has 0 fully saturated rings. The van der Waals surface area contributed by atoms with E-state index < -0.39 is 17.5 Å². The molecular formula is C16H9ClF2N2O. The average molecular weight is 319 g/mol. The number of benzene rings is 2. The number of anilines is 1. The zero-order chi connectivity index (χ0) is 15.7. The molecule has 2 aromatic carbocycles. The molecule has 1 N–H and O–H groups in total. The van der Waals surface area contributed by atoms with Gasteiger partial charge in [0.25, 0.3) is 5.91 Å². The molecule has 0 spiro atoms. The molecule has 3 nitrogen and oxygen atoms in total. The van der Waals surface area contributed by atoms with E-state index in [1.807, 2.05) is 0 Å². The SMILES string of the molecule is O=C(Nc1ccnc2c(F)cc(F)cc12)c1cccc(Cl)c1. The maximum absolute atomic E-state index is 13.7. The summed E-state index contributed by atoms with van der Waals surface area (Å²) in [6.07, 6.45) is 1.34. The Bertz CT molecular complexity index is 883. The summed E-state index contributed by atoms with van der Waals surface area (Å²) >= 11 is 5.84. The number of halogens is 3. The molecule has 0 radical (unpaired) electrons. The second-order valence-electron chi connectivity index (χ2n) is 4.61. The molecule has 0 bridgehead atoms. The number of carbonyl (C=O) groups is 1. The molecule has 0 aliphatic carbocycles. The van der Waals surface area contributed by atoms with Gasteiger partial charge in [-0.15, -0.1) is 0 Å². The van der Waals surface area contributed by atoms with Crippen LogP contribution >= 0.6 is 11.6 Å². The first-order valence-electron chi connectivity index (χ1n) is 6.35. The van der Waals surface area contributed by atoms with Crippen LogP contribution in [0.25, 0.3) is 10.9 Å². The maximum Gasteiger partial charge on any atom is 0.255 e. The van der Waals surface area contributed by atoms with Gasteiger partial charge in [-0.05, 0) is 30.3 Å². The van der Waals surface area contributed by atoms with Crippen LogP contribution in [0.2, 0.25) is 5.02 Å².